The van der Waals surface area contributed by atoms with Gasteiger partial charge in [0.2, 0.25) is 0 Å². The van der Waals surface area contributed by atoms with Crippen molar-refractivity contribution in [3.63, 3.8) is 0 Å². The molecule has 0 aliphatic rings. The minimum atomic E-state index is -5.07. The molecule has 0 saturated heterocycles. The molecule has 0 rings (SSSR count). The average Bonchev–Trinajstić information content (AvgIpc) is 1.81. The maximum atomic E-state index is 9.79. The number of phosphoric acid groups is 1. The van der Waals surface area contributed by atoms with Crippen LogP contribution in [-0.2, 0) is 25.9 Å². The number of phosphoric ester groups is 1. The molecule has 0 heterocycles. The predicted octanol–water partition coefficient (Wildman–Crippen LogP) is -2.82. The van der Waals surface area contributed by atoms with E-state index < -0.39 is 27.1 Å². The molecule has 11 heavy (non-hydrogen) atoms. The van der Waals surface area contributed by atoms with E-state index in [1.807, 2.05) is 0 Å². The molecular weight excluding hydrogens is 222 g/mol. The summed E-state index contributed by atoms with van der Waals surface area (Å²) in [5.41, 5.74) is 0. The van der Waals surface area contributed by atoms with E-state index in [0.29, 0.717) is 0 Å². The number of aliphatic hydroxyl groups is 2. The van der Waals surface area contributed by atoms with Gasteiger partial charge >= 0.3 is 16.8 Å². The Balaban J connectivity index is 0. The molecular formula is C3H7CoO6P. The van der Waals surface area contributed by atoms with E-state index in [2.05, 4.69) is 4.52 Å². The van der Waals surface area contributed by atoms with E-state index in [4.69, 9.17) is 10.2 Å². The minimum Gasteiger partial charge on any atom is -0.790 e. The summed E-state index contributed by atoms with van der Waals surface area (Å²) in [5, 5.41) is 16.4. The van der Waals surface area contributed by atoms with Gasteiger partial charge in [0, 0.05) is 0 Å². The summed E-state index contributed by atoms with van der Waals surface area (Å²) in [5.74, 6) is 0. The smallest absolute Gasteiger partial charge is 0.790 e. The van der Waals surface area contributed by atoms with Crippen molar-refractivity contribution in [3.05, 3.63) is 0 Å². The Bertz CT molecular complexity index is 130. The van der Waals surface area contributed by atoms with E-state index in [1.165, 1.54) is 0 Å². The Morgan fingerprint density at radius 2 is 1.73 bits per heavy atom. The molecule has 0 atom stereocenters. The Morgan fingerprint density at radius 1 is 1.36 bits per heavy atom. The summed E-state index contributed by atoms with van der Waals surface area (Å²) >= 11 is 0. The molecule has 0 aromatic carbocycles. The zero-order valence-corrected chi connectivity index (χ0v) is 7.23. The molecule has 0 amide bonds. The average molecular weight is 229 g/mol. The molecule has 0 spiro atoms. The fourth-order valence-corrected chi connectivity index (χ4v) is 0.805. The first-order valence-electron chi connectivity index (χ1n) is 2.41. The van der Waals surface area contributed by atoms with E-state index in [-0.39, 0.29) is 16.8 Å². The Morgan fingerprint density at radius 3 is 1.82 bits per heavy atom. The third kappa shape index (κ3) is 8.44. The molecule has 2 N–H and O–H groups in total. The van der Waals surface area contributed by atoms with E-state index in [0.717, 1.165) is 0 Å². The molecule has 0 aromatic rings. The standard InChI is InChI=1S/C3H9O6P.Co/c4-1-3(2-5)9-10(6,7)8;/h3-5H,1-2H2,(H2,6,7,8);/q;+2/p-2. The van der Waals surface area contributed by atoms with Crippen LogP contribution in [0.15, 0.2) is 0 Å². The van der Waals surface area contributed by atoms with Crippen molar-refractivity contribution in [1.82, 2.24) is 0 Å². The van der Waals surface area contributed by atoms with Crippen molar-refractivity contribution in [2.45, 2.75) is 6.10 Å². The number of aliphatic hydroxyl groups excluding tert-OH is 2. The number of hydrogen-bond donors (Lipinski definition) is 2. The summed E-state index contributed by atoms with van der Waals surface area (Å²) < 4.78 is 13.5. The molecule has 0 bridgehead atoms. The zero-order valence-electron chi connectivity index (χ0n) is 5.30. The van der Waals surface area contributed by atoms with Gasteiger partial charge in [-0.3, -0.25) is 0 Å². The summed E-state index contributed by atoms with van der Waals surface area (Å²) in [4.78, 5) is 19.6. The number of hydrogen-bond acceptors (Lipinski definition) is 6. The van der Waals surface area contributed by atoms with Crippen molar-refractivity contribution >= 4 is 7.82 Å². The van der Waals surface area contributed by atoms with Crippen LogP contribution >= 0.6 is 7.82 Å². The van der Waals surface area contributed by atoms with Crippen LogP contribution in [0.25, 0.3) is 0 Å². The predicted molar refractivity (Wildman–Crippen MR) is 26.7 cm³/mol. The van der Waals surface area contributed by atoms with Crippen LogP contribution in [0.2, 0.25) is 0 Å². The van der Waals surface area contributed by atoms with Crippen molar-refractivity contribution in [1.29, 1.82) is 0 Å². The monoisotopic (exact) mass is 229 g/mol. The maximum Gasteiger partial charge on any atom is 2.00 e. The molecule has 8 heteroatoms. The van der Waals surface area contributed by atoms with Gasteiger partial charge in [-0.05, 0) is 0 Å². The molecule has 0 saturated carbocycles. The van der Waals surface area contributed by atoms with E-state index >= 15 is 0 Å². The van der Waals surface area contributed by atoms with Crippen molar-refractivity contribution in [2.24, 2.45) is 0 Å². The third-order valence-corrected chi connectivity index (χ3v) is 1.24. The third-order valence-electron chi connectivity index (χ3n) is 0.685. The fraction of sp³-hybridized carbons (Fsp3) is 1.00. The van der Waals surface area contributed by atoms with Crippen LogP contribution in [0.1, 0.15) is 0 Å². The van der Waals surface area contributed by atoms with Crippen LogP contribution < -0.4 is 9.79 Å². The van der Waals surface area contributed by atoms with Crippen molar-refractivity contribution < 1.29 is 45.9 Å². The summed E-state index contributed by atoms with van der Waals surface area (Å²) in [6.45, 7) is -1.41. The van der Waals surface area contributed by atoms with Crippen LogP contribution in [0.5, 0.6) is 0 Å². The van der Waals surface area contributed by atoms with Crippen LogP contribution in [-0.4, -0.2) is 29.5 Å². The normalized spacial score (nSPS) is 11.4. The second-order valence-electron chi connectivity index (χ2n) is 1.54. The van der Waals surface area contributed by atoms with Gasteiger partial charge in [-0.15, -0.1) is 0 Å². The van der Waals surface area contributed by atoms with Gasteiger partial charge in [0.05, 0.1) is 21.0 Å². The Hall–Kier alpha value is 0.536. The van der Waals surface area contributed by atoms with Gasteiger partial charge in [-0.2, -0.15) is 0 Å². The maximum absolute atomic E-state index is 9.79. The van der Waals surface area contributed by atoms with Crippen molar-refractivity contribution in [3.8, 4) is 0 Å². The Labute approximate surface area is 73.6 Å². The van der Waals surface area contributed by atoms with Gasteiger partial charge in [-0.25, -0.2) is 0 Å². The molecule has 69 valence electrons. The van der Waals surface area contributed by atoms with Gasteiger partial charge in [0.1, 0.15) is 6.10 Å². The summed E-state index contributed by atoms with van der Waals surface area (Å²) in [7, 11) is -5.07. The number of rotatable bonds is 4. The van der Waals surface area contributed by atoms with Crippen LogP contribution in [0.3, 0.4) is 0 Å². The molecule has 0 aliphatic carbocycles. The largest absolute Gasteiger partial charge is 2.00 e. The molecule has 0 aromatic heterocycles. The molecule has 1 radical (unpaired) electrons. The second kappa shape index (κ2) is 6.10. The van der Waals surface area contributed by atoms with Gasteiger partial charge < -0.3 is 29.1 Å². The van der Waals surface area contributed by atoms with E-state index in [1.54, 1.807) is 0 Å². The van der Waals surface area contributed by atoms with Crippen molar-refractivity contribution in [2.75, 3.05) is 13.2 Å². The first-order valence-corrected chi connectivity index (χ1v) is 3.88. The molecule has 6 nitrogen and oxygen atoms in total. The fourth-order valence-electron chi connectivity index (χ4n) is 0.307. The summed E-state index contributed by atoms with van der Waals surface area (Å²) in [6, 6.07) is 0. The van der Waals surface area contributed by atoms with Gasteiger partial charge in [0.15, 0.2) is 0 Å². The minimum absolute atomic E-state index is 0. The zero-order chi connectivity index (χ0) is 8.20. The van der Waals surface area contributed by atoms with Crippen LogP contribution in [0, 0.1) is 0 Å². The topological polar surface area (TPSA) is 113 Å². The van der Waals surface area contributed by atoms with E-state index in [9.17, 15) is 14.4 Å². The molecule has 0 aliphatic heterocycles. The second-order valence-corrected chi connectivity index (χ2v) is 2.65. The molecule has 0 fully saturated rings. The van der Waals surface area contributed by atoms with Crippen LogP contribution in [0.4, 0.5) is 0 Å². The SMILES string of the molecule is O=P([O-])([O-])OC(CO)CO.[Co+2]. The van der Waals surface area contributed by atoms with Gasteiger partial charge in [0.25, 0.3) is 0 Å². The van der Waals surface area contributed by atoms with Gasteiger partial charge in [-0.1, -0.05) is 0 Å². The first-order chi connectivity index (χ1) is 4.49. The first kappa shape index (κ1) is 14.1. The summed E-state index contributed by atoms with van der Waals surface area (Å²) in [6.07, 6.45) is -1.33. The Kier molecular flexibility index (Phi) is 7.81. The quantitative estimate of drug-likeness (QED) is 0.503. The molecule has 0 unspecified atom stereocenters.